The summed E-state index contributed by atoms with van der Waals surface area (Å²) in [5, 5.41) is 0.894. The number of hydrogen-bond acceptors (Lipinski definition) is 2. The third-order valence-electron chi connectivity index (χ3n) is 3.21. The quantitative estimate of drug-likeness (QED) is 0.565. The van der Waals surface area contributed by atoms with Crippen molar-refractivity contribution in [3.63, 3.8) is 0 Å². The van der Waals surface area contributed by atoms with Gasteiger partial charge in [0.25, 0.3) is 0 Å². The molecule has 0 radical (unpaired) electrons. The Morgan fingerprint density at radius 1 is 1.14 bits per heavy atom. The average Bonchev–Trinajstić information content (AvgIpc) is 2.87. The van der Waals surface area contributed by atoms with Crippen LogP contribution in [-0.4, -0.2) is 0 Å². The maximum atomic E-state index is 14.2. The number of hydrogen-bond donors (Lipinski definition) is 1. The maximum absolute atomic E-state index is 14.2. The van der Waals surface area contributed by atoms with Crippen molar-refractivity contribution in [2.24, 2.45) is 5.73 Å². The van der Waals surface area contributed by atoms with Crippen LogP contribution in [-0.2, 0) is 0 Å². The fourth-order valence-corrected chi connectivity index (χ4v) is 3.70. The van der Waals surface area contributed by atoms with E-state index in [9.17, 15) is 8.78 Å². The van der Waals surface area contributed by atoms with Crippen molar-refractivity contribution in [2.75, 3.05) is 0 Å². The Labute approximate surface area is 137 Å². The molecule has 2 aromatic carbocycles. The lowest BCUT2D eigenvalue weighted by molar-refractivity contribution is 0.600. The summed E-state index contributed by atoms with van der Waals surface area (Å²) in [5.41, 5.74) is 6.46. The van der Waals surface area contributed by atoms with Gasteiger partial charge in [-0.1, -0.05) is 23.7 Å². The molecule has 108 valence electrons. The lowest BCUT2D eigenvalue weighted by Crippen LogP contribution is -2.12. The zero-order valence-electron chi connectivity index (χ0n) is 10.5. The third-order valence-corrected chi connectivity index (χ3v) is 5.65. The molecule has 1 unspecified atom stereocenters. The number of halogens is 4. The molecule has 0 bridgehead atoms. The second-order valence-corrected chi connectivity index (χ2v) is 6.92. The normalized spacial score (nSPS) is 12.8. The van der Waals surface area contributed by atoms with Crippen LogP contribution in [0.5, 0.6) is 0 Å². The zero-order valence-corrected chi connectivity index (χ0v) is 13.7. The average molecular weight is 389 g/mol. The van der Waals surface area contributed by atoms with E-state index in [4.69, 9.17) is 17.3 Å². The smallest absolute Gasteiger partial charge is 0.148 e. The highest BCUT2D eigenvalue weighted by atomic mass is 79.9. The van der Waals surface area contributed by atoms with Gasteiger partial charge in [0.05, 0.1) is 11.1 Å². The van der Waals surface area contributed by atoms with Crippen molar-refractivity contribution in [3.8, 4) is 0 Å². The molecule has 1 aromatic heterocycles. The van der Waals surface area contributed by atoms with Crippen LogP contribution in [0.2, 0.25) is 5.02 Å². The van der Waals surface area contributed by atoms with Gasteiger partial charge in [-0.15, -0.1) is 11.3 Å². The SMILES string of the molecule is NC(c1cc2ccc(F)cc2s1)c1ccc(Br)c(Cl)c1F. The first-order valence-corrected chi connectivity index (χ1v) is 8.04. The molecule has 3 rings (SSSR count). The fourth-order valence-electron chi connectivity index (χ4n) is 2.11. The van der Waals surface area contributed by atoms with E-state index in [-0.39, 0.29) is 10.8 Å². The van der Waals surface area contributed by atoms with E-state index in [1.165, 1.54) is 23.5 Å². The first-order chi connectivity index (χ1) is 9.97. The largest absolute Gasteiger partial charge is 0.320 e. The van der Waals surface area contributed by atoms with Crippen molar-refractivity contribution in [3.05, 3.63) is 68.0 Å². The van der Waals surface area contributed by atoms with Crippen LogP contribution in [0.1, 0.15) is 16.5 Å². The van der Waals surface area contributed by atoms with Crippen molar-refractivity contribution in [2.45, 2.75) is 6.04 Å². The summed E-state index contributed by atoms with van der Waals surface area (Å²) in [6.07, 6.45) is 0. The van der Waals surface area contributed by atoms with Crippen LogP contribution >= 0.6 is 38.9 Å². The highest BCUT2D eigenvalue weighted by molar-refractivity contribution is 9.10. The van der Waals surface area contributed by atoms with E-state index in [0.717, 1.165) is 15.0 Å². The number of benzene rings is 2. The number of rotatable bonds is 2. The highest BCUT2D eigenvalue weighted by Gasteiger charge is 2.19. The molecule has 0 aliphatic rings. The van der Waals surface area contributed by atoms with Gasteiger partial charge in [-0.05, 0) is 45.6 Å². The van der Waals surface area contributed by atoms with Gasteiger partial charge in [-0.25, -0.2) is 8.78 Å². The van der Waals surface area contributed by atoms with Gasteiger partial charge in [-0.3, -0.25) is 0 Å². The van der Waals surface area contributed by atoms with Gasteiger partial charge in [-0.2, -0.15) is 0 Å². The summed E-state index contributed by atoms with van der Waals surface area (Å²) >= 11 is 10.4. The Kier molecular flexibility index (Phi) is 4.01. The molecular weight excluding hydrogens is 380 g/mol. The molecule has 0 saturated carbocycles. The lowest BCUT2D eigenvalue weighted by atomic mass is 10.1. The second kappa shape index (κ2) is 5.65. The van der Waals surface area contributed by atoms with Crippen LogP contribution < -0.4 is 5.73 Å². The topological polar surface area (TPSA) is 26.0 Å². The molecule has 0 aliphatic heterocycles. The van der Waals surface area contributed by atoms with E-state index >= 15 is 0 Å². The third kappa shape index (κ3) is 2.71. The standard InChI is InChI=1S/C15H9BrClF2NS/c16-10-4-3-9(14(19)13(10)17)15(20)12-5-7-1-2-8(18)6-11(7)21-12/h1-6,15H,20H2. The van der Waals surface area contributed by atoms with E-state index < -0.39 is 11.9 Å². The summed E-state index contributed by atoms with van der Waals surface area (Å²) in [4.78, 5) is 0.757. The Morgan fingerprint density at radius 3 is 2.67 bits per heavy atom. The molecule has 6 heteroatoms. The minimum absolute atomic E-state index is 0.00936. The predicted molar refractivity (Wildman–Crippen MR) is 86.9 cm³/mol. The first kappa shape index (κ1) is 14.9. The van der Waals surface area contributed by atoms with Crippen molar-refractivity contribution >= 4 is 49.0 Å². The van der Waals surface area contributed by atoms with Crippen molar-refractivity contribution < 1.29 is 8.78 Å². The van der Waals surface area contributed by atoms with Crippen LogP contribution in [0.4, 0.5) is 8.78 Å². The summed E-state index contributed by atoms with van der Waals surface area (Å²) in [6, 6.07) is 8.98. The lowest BCUT2D eigenvalue weighted by Gasteiger charge is -2.12. The Bertz CT molecular complexity index is 834. The molecule has 1 nitrogen and oxygen atoms in total. The van der Waals surface area contributed by atoms with Crippen LogP contribution in [0.3, 0.4) is 0 Å². The van der Waals surface area contributed by atoms with Gasteiger partial charge in [0.2, 0.25) is 0 Å². The van der Waals surface area contributed by atoms with Gasteiger partial charge in [0.1, 0.15) is 11.6 Å². The molecule has 0 spiro atoms. The van der Waals surface area contributed by atoms with E-state index in [0.29, 0.717) is 10.0 Å². The highest BCUT2D eigenvalue weighted by Crippen LogP contribution is 2.36. The zero-order chi connectivity index (χ0) is 15.1. The Balaban J connectivity index is 2.08. The minimum Gasteiger partial charge on any atom is -0.320 e. The predicted octanol–water partition coefficient (Wildman–Crippen LogP) is 5.64. The molecule has 0 saturated heterocycles. The summed E-state index contributed by atoms with van der Waals surface area (Å²) in [7, 11) is 0. The monoisotopic (exact) mass is 387 g/mol. The van der Waals surface area contributed by atoms with Crippen molar-refractivity contribution in [1.29, 1.82) is 0 Å². The number of thiophene rings is 1. The molecule has 0 aliphatic carbocycles. The van der Waals surface area contributed by atoms with E-state index in [1.54, 1.807) is 18.2 Å². The fraction of sp³-hybridized carbons (Fsp3) is 0.0667. The molecular formula is C15H9BrClF2NS. The summed E-state index contributed by atoms with van der Waals surface area (Å²) < 4.78 is 28.7. The molecule has 1 heterocycles. The molecule has 0 fully saturated rings. The number of nitrogens with two attached hydrogens (primary N) is 1. The van der Waals surface area contributed by atoms with E-state index in [2.05, 4.69) is 15.9 Å². The number of fused-ring (bicyclic) bond motifs is 1. The molecule has 1 atom stereocenters. The Morgan fingerprint density at radius 2 is 1.90 bits per heavy atom. The van der Waals surface area contributed by atoms with E-state index in [1.807, 2.05) is 6.07 Å². The maximum Gasteiger partial charge on any atom is 0.148 e. The summed E-state index contributed by atoms with van der Waals surface area (Å²) in [5.74, 6) is -0.843. The first-order valence-electron chi connectivity index (χ1n) is 6.05. The van der Waals surface area contributed by atoms with Crippen LogP contribution in [0.15, 0.2) is 40.9 Å². The Hall–Kier alpha value is -1.01. The van der Waals surface area contributed by atoms with Gasteiger partial charge < -0.3 is 5.73 Å². The minimum atomic E-state index is -0.643. The van der Waals surface area contributed by atoms with Crippen molar-refractivity contribution in [1.82, 2.24) is 0 Å². The van der Waals surface area contributed by atoms with Gasteiger partial charge in [0, 0.05) is 19.6 Å². The van der Waals surface area contributed by atoms with Crippen LogP contribution in [0, 0.1) is 11.6 Å². The second-order valence-electron chi connectivity index (χ2n) is 4.57. The molecule has 2 N–H and O–H groups in total. The van der Waals surface area contributed by atoms with Crippen LogP contribution in [0.25, 0.3) is 10.1 Å². The summed E-state index contributed by atoms with van der Waals surface area (Å²) in [6.45, 7) is 0. The van der Waals surface area contributed by atoms with Gasteiger partial charge in [0.15, 0.2) is 0 Å². The molecule has 3 aromatic rings. The van der Waals surface area contributed by atoms with Gasteiger partial charge >= 0.3 is 0 Å². The molecule has 0 amide bonds. The molecule has 21 heavy (non-hydrogen) atoms.